The van der Waals surface area contributed by atoms with Gasteiger partial charge in [0.2, 0.25) is 0 Å². The second kappa shape index (κ2) is 7.55. The lowest BCUT2D eigenvalue weighted by atomic mass is 9.99. The van der Waals surface area contributed by atoms with Gasteiger partial charge in [-0.1, -0.05) is 12.1 Å². The first kappa shape index (κ1) is 18.5. The van der Waals surface area contributed by atoms with E-state index in [1.165, 1.54) is 13.2 Å². The van der Waals surface area contributed by atoms with Crippen LogP contribution >= 0.6 is 0 Å². The Morgan fingerprint density at radius 1 is 1.46 bits per heavy atom. The van der Waals surface area contributed by atoms with Crippen LogP contribution < -0.4 is 5.32 Å². The van der Waals surface area contributed by atoms with Crippen LogP contribution in [0.15, 0.2) is 18.2 Å². The molecule has 0 bridgehead atoms. The molecular formula is C19H24FN3O3. The molecule has 1 amide bonds. The van der Waals surface area contributed by atoms with E-state index in [4.69, 9.17) is 9.47 Å². The second-order valence-corrected chi connectivity index (χ2v) is 6.67. The summed E-state index contributed by atoms with van der Waals surface area (Å²) >= 11 is 0. The van der Waals surface area contributed by atoms with Gasteiger partial charge in [-0.25, -0.2) is 4.39 Å². The highest BCUT2D eigenvalue weighted by atomic mass is 19.1. The fourth-order valence-electron chi connectivity index (χ4n) is 3.39. The van der Waals surface area contributed by atoms with Gasteiger partial charge in [-0.2, -0.15) is 5.10 Å². The molecule has 1 aromatic heterocycles. The van der Waals surface area contributed by atoms with Gasteiger partial charge >= 0.3 is 0 Å². The Bertz CT molecular complexity index is 819. The molecule has 3 rings (SSSR count). The molecule has 1 aromatic carbocycles. The maximum atomic E-state index is 14.0. The Morgan fingerprint density at radius 3 is 2.92 bits per heavy atom. The zero-order valence-electron chi connectivity index (χ0n) is 15.5. The number of nitrogens with one attached hydrogen (secondary N) is 1. The highest BCUT2D eigenvalue weighted by Crippen LogP contribution is 2.31. The number of hydrogen-bond acceptors (Lipinski definition) is 4. The topological polar surface area (TPSA) is 65.4 Å². The van der Waals surface area contributed by atoms with Crippen LogP contribution in [0.4, 0.5) is 4.39 Å². The fraction of sp³-hybridized carbons (Fsp3) is 0.474. The first-order valence-corrected chi connectivity index (χ1v) is 8.66. The van der Waals surface area contributed by atoms with E-state index < -0.39 is 0 Å². The molecule has 1 N–H and O–H groups in total. The predicted octanol–water partition coefficient (Wildman–Crippen LogP) is 2.66. The summed E-state index contributed by atoms with van der Waals surface area (Å²) in [5, 5.41) is 7.31. The fourth-order valence-corrected chi connectivity index (χ4v) is 3.39. The standard InChI is InChI=1S/C19H24FN3O3/c1-11-7-15-17(12(2)26-11)22-23(3)18(15)19(24)21-9-13-5-6-14(10-25-4)16(20)8-13/h5-6,8,11-12H,7,9-10H2,1-4H3,(H,21,24)/t11-,12+/m1/s1. The van der Waals surface area contributed by atoms with Crippen molar-refractivity contribution in [1.29, 1.82) is 0 Å². The van der Waals surface area contributed by atoms with Gasteiger partial charge in [0.1, 0.15) is 11.5 Å². The monoisotopic (exact) mass is 361 g/mol. The van der Waals surface area contributed by atoms with E-state index >= 15 is 0 Å². The Balaban J connectivity index is 1.74. The van der Waals surface area contributed by atoms with Gasteiger partial charge in [0.05, 0.1) is 24.5 Å². The van der Waals surface area contributed by atoms with Crippen LogP contribution in [-0.2, 0) is 36.1 Å². The molecule has 0 unspecified atom stereocenters. The number of aromatic nitrogens is 2. The maximum absolute atomic E-state index is 14.0. The normalized spacial score (nSPS) is 19.3. The van der Waals surface area contributed by atoms with Gasteiger partial charge in [-0.15, -0.1) is 0 Å². The van der Waals surface area contributed by atoms with Gasteiger partial charge < -0.3 is 14.8 Å². The molecule has 0 radical (unpaired) electrons. The van der Waals surface area contributed by atoms with E-state index in [0.29, 0.717) is 23.2 Å². The van der Waals surface area contributed by atoms with Crippen molar-refractivity contribution in [3.8, 4) is 0 Å². The molecule has 6 nitrogen and oxygen atoms in total. The van der Waals surface area contributed by atoms with Crippen molar-refractivity contribution in [3.05, 3.63) is 52.1 Å². The van der Waals surface area contributed by atoms with Gasteiger partial charge in [-0.05, 0) is 25.5 Å². The minimum atomic E-state index is -0.337. The Hall–Kier alpha value is -2.25. The van der Waals surface area contributed by atoms with Crippen molar-refractivity contribution < 1.29 is 18.7 Å². The van der Waals surface area contributed by atoms with E-state index in [-0.39, 0.29) is 37.1 Å². The lowest BCUT2D eigenvalue weighted by Crippen LogP contribution is -2.28. The van der Waals surface area contributed by atoms with Crippen molar-refractivity contribution in [3.63, 3.8) is 0 Å². The molecule has 0 fully saturated rings. The minimum absolute atomic E-state index is 0.0377. The van der Waals surface area contributed by atoms with E-state index in [1.807, 2.05) is 13.8 Å². The van der Waals surface area contributed by atoms with Crippen molar-refractivity contribution in [2.45, 2.75) is 45.6 Å². The summed E-state index contributed by atoms with van der Waals surface area (Å²) in [6, 6.07) is 4.88. The van der Waals surface area contributed by atoms with E-state index in [0.717, 1.165) is 11.3 Å². The van der Waals surface area contributed by atoms with Gasteiger partial charge in [0.15, 0.2) is 0 Å². The molecule has 0 saturated carbocycles. The van der Waals surface area contributed by atoms with Gasteiger partial charge in [-0.3, -0.25) is 9.48 Å². The average molecular weight is 361 g/mol. The number of aryl methyl sites for hydroxylation is 1. The van der Waals surface area contributed by atoms with Crippen LogP contribution in [0.2, 0.25) is 0 Å². The molecule has 0 spiro atoms. The smallest absolute Gasteiger partial charge is 0.270 e. The molecule has 26 heavy (non-hydrogen) atoms. The first-order chi connectivity index (χ1) is 12.4. The number of carbonyl (C=O) groups excluding carboxylic acids is 1. The summed E-state index contributed by atoms with van der Waals surface area (Å²) in [7, 11) is 3.28. The summed E-state index contributed by atoms with van der Waals surface area (Å²) < 4.78 is 26.3. The highest BCUT2D eigenvalue weighted by molar-refractivity contribution is 5.94. The lowest BCUT2D eigenvalue weighted by Gasteiger charge is -2.24. The van der Waals surface area contributed by atoms with Gasteiger partial charge in [0.25, 0.3) is 5.91 Å². The third kappa shape index (κ3) is 3.64. The quantitative estimate of drug-likeness (QED) is 0.889. The molecule has 2 heterocycles. The molecular weight excluding hydrogens is 337 g/mol. The third-order valence-electron chi connectivity index (χ3n) is 4.57. The van der Waals surface area contributed by atoms with E-state index in [9.17, 15) is 9.18 Å². The second-order valence-electron chi connectivity index (χ2n) is 6.67. The number of rotatable bonds is 5. The van der Waals surface area contributed by atoms with Crippen molar-refractivity contribution in [1.82, 2.24) is 15.1 Å². The number of methoxy groups -OCH3 is 1. The largest absolute Gasteiger partial charge is 0.380 e. The molecule has 140 valence electrons. The number of carbonyl (C=O) groups is 1. The number of fused-ring (bicyclic) bond motifs is 1. The van der Waals surface area contributed by atoms with E-state index in [2.05, 4.69) is 10.4 Å². The summed E-state index contributed by atoms with van der Waals surface area (Å²) in [6.07, 6.45) is 0.552. The Kier molecular flexibility index (Phi) is 5.38. The molecule has 1 aliphatic heterocycles. The SMILES string of the molecule is COCc1ccc(CNC(=O)c2c3c(nn2C)[C@H](C)O[C@H](C)C3)cc1F. The van der Waals surface area contributed by atoms with Crippen LogP contribution in [0.3, 0.4) is 0 Å². The summed E-state index contributed by atoms with van der Waals surface area (Å²) in [5.74, 6) is -0.555. The highest BCUT2D eigenvalue weighted by Gasteiger charge is 2.31. The summed E-state index contributed by atoms with van der Waals surface area (Å²) in [6.45, 7) is 4.38. The zero-order valence-corrected chi connectivity index (χ0v) is 15.5. The Labute approximate surface area is 152 Å². The first-order valence-electron chi connectivity index (χ1n) is 8.66. The minimum Gasteiger partial charge on any atom is -0.380 e. The summed E-state index contributed by atoms with van der Waals surface area (Å²) in [5.41, 5.74) is 3.46. The molecule has 2 aromatic rings. The molecule has 0 aliphatic carbocycles. The third-order valence-corrected chi connectivity index (χ3v) is 4.57. The average Bonchev–Trinajstić information content (AvgIpc) is 2.91. The zero-order chi connectivity index (χ0) is 18.8. The predicted molar refractivity (Wildman–Crippen MR) is 94.2 cm³/mol. The number of amides is 1. The van der Waals surface area contributed by atoms with Gasteiger partial charge in [0, 0.05) is 38.2 Å². The molecule has 0 saturated heterocycles. The summed E-state index contributed by atoms with van der Waals surface area (Å²) in [4.78, 5) is 12.7. The number of nitrogens with zero attached hydrogens (tertiary/aromatic N) is 2. The van der Waals surface area contributed by atoms with Crippen LogP contribution in [0, 0.1) is 5.82 Å². The molecule has 1 aliphatic rings. The molecule has 2 atom stereocenters. The van der Waals surface area contributed by atoms with Crippen LogP contribution in [0.1, 0.15) is 52.8 Å². The van der Waals surface area contributed by atoms with Crippen molar-refractivity contribution in [2.75, 3.05) is 7.11 Å². The number of ether oxygens (including phenoxy) is 2. The maximum Gasteiger partial charge on any atom is 0.270 e. The van der Waals surface area contributed by atoms with Crippen LogP contribution in [0.25, 0.3) is 0 Å². The Morgan fingerprint density at radius 2 is 2.23 bits per heavy atom. The number of halogens is 1. The van der Waals surface area contributed by atoms with Crippen molar-refractivity contribution in [2.24, 2.45) is 7.05 Å². The lowest BCUT2D eigenvalue weighted by molar-refractivity contribution is -0.00710. The number of benzene rings is 1. The van der Waals surface area contributed by atoms with E-state index in [1.54, 1.807) is 23.9 Å². The molecule has 7 heteroatoms. The van der Waals surface area contributed by atoms with Crippen molar-refractivity contribution >= 4 is 5.91 Å². The van der Waals surface area contributed by atoms with Crippen LogP contribution in [0.5, 0.6) is 0 Å². The number of hydrogen-bond donors (Lipinski definition) is 1. The van der Waals surface area contributed by atoms with Crippen LogP contribution in [-0.4, -0.2) is 28.9 Å².